The van der Waals surface area contributed by atoms with Crippen LogP contribution >= 0.6 is 0 Å². The molecule has 1 heterocycles. The molecule has 1 aromatic heterocycles. The SMILES string of the molecule is CCCN(CC(=O)O)C(C)c1ccnn1C. The van der Waals surface area contributed by atoms with Gasteiger partial charge in [0, 0.05) is 19.3 Å². The average molecular weight is 225 g/mol. The van der Waals surface area contributed by atoms with Crippen molar-refractivity contribution in [3.05, 3.63) is 18.0 Å². The number of carboxylic acids is 1. The van der Waals surface area contributed by atoms with Gasteiger partial charge in [-0.1, -0.05) is 6.92 Å². The number of carboxylic acid groups (broad SMARTS) is 1. The van der Waals surface area contributed by atoms with Crippen molar-refractivity contribution in [1.29, 1.82) is 0 Å². The molecule has 0 amide bonds. The lowest BCUT2D eigenvalue weighted by molar-refractivity contribution is -0.138. The molecule has 0 spiro atoms. The van der Waals surface area contributed by atoms with Crippen LogP contribution in [0.2, 0.25) is 0 Å². The molecule has 90 valence electrons. The Balaban J connectivity index is 2.78. The highest BCUT2D eigenvalue weighted by molar-refractivity contribution is 5.69. The molecule has 0 saturated carbocycles. The number of aromatic nitrogens is 2. The first-order valence-electron chi connectivity index (χ1n) is 5.50. The van der Waals surface area contributed by atoms with E-state index in [9.17, 15) is 4.79 Å². The molecule has 1 aromatic rings. The molecule has 5 nitrogen and oxygen atoms in total. The van der Waals surface area contributed by atoms with Gasteiger partial charge < -0.3 is 5.11 Å². The minimum atomic E-state index is -0.789. The van der Waals surface area contributed by atoms with E-state index in [2.05, 4.69) is 5.10 Å². The first-order valence-corrected chi connectivity index (χ1v) is 5.50. The molecular weight excluding hydrogens is 206 g/mol. The summed E-state index contributed by atoms with van der Waals surface area (Å²) in [7, 11) is 1.87. The average Bonchev–Trinajstić information content (AvgIpc) is 2.62. The largest absolute Gasteiger partial charge is 0.480 e. The standard InChI is InChI=1S/C11H19N3O2/c1-4-7-14(8-11(15)16)9(2)10-5-6-12-13(10)3/h5-6,9H,4,7-8H2,1-3H3,(H,15,16). The minimum absolute atomic E-state index is 0.0696. The van der Waals surface area contributed by atoms with Crippen molar-refractivity contribution in [3.8, 4) is 0 Å². The van der Waals surface area contributed by atoms with Gasteiger partial charge in [0.15, 0.2) is 0 Å². The van der Waals surface area contributed by atoms with Crippen LogP contribution in [0.3, 0.4) is 0 Å². The molecule has 1 N–H and O–H groups in total. The minimum Gasteiger partial charge on any atom is -0.480 e. The van der Waals surface area contributed by atoms with Gasteiger partial charge in [-0.05, 0) is 26.0 Å². The fourth-order valence-corrected chi connectivity index (χ4v) is 1.85. The van der Waals surface area contributed by atoms with Crippen molar-refractivity contribution >= 4 is 5.97 Å². The van der Waals surface area contributed by atoms with E-state index in [0.717, 1.165) is 18.7 Å². The zero-order valence-electron chi connectivity index (χ0n) is 10.1. The Kier molecular flexibility index (Phi) is 4.49. The zero-order valence-corrected chi connectivity index (χ0v) is 10.1. The highest BCUT2D eigenvalue weighted by Crippen LogP contribution is 2.18. The maximum absolute atomic E-state index is 10.8. The maximum atomic E-state index is 10.8. The summed E-state index contributed by atoms with van der Waals surface area (Å²) in [6, 6.07) is 2.00. The molecule has 0 aromatic carbocycles. The quantitative estimate of drug-likeness (QED) is 0.792. The van der Waals surface area contributed by atoms with Gasteiger partial charge in [-0.15, -0.1) is 0 Å². The molecule has 16 heavy (non-hydrogen) atoms. The molecule has 0 aliphatic carbocycles. The third-order valence-electron chi connectivity index (χ3n) is 2.68. The number of rotatable bonds is 6. The number of nitrogens with zero attached hydrogens (tertiary/aromatic N) is 3. The highest BCUT2D eigenvalue weighted by Gasteiger charge is 2.19. The third kappa shape index (κ3) is 3.06. The molecule has 0 bridgehead atoms. The van der Waals surface area contributed by atoms with Crippen LogP contribution < -0.4 is 0 Å². The van der Waals surface area contributed by atoms with Gasteiger partial charge >= 0.3 is 5.97 Å². The normalized spacial score (nSPS) is 13.0. The molecule has 0 saturated heterocycles. The van der Waals surface area contributed by atoms with Crippen molar-refractivity contribution in [2.75, 3.05) is 13.1 Å². The van der Waals surface area contributed by atoms with Crippen molar-refractivity contribution in [1.82, 2.24) is 14.7 Å². The van der Waals surface area contributed by atoms with Crippen LogP contribution in [0.1, 0.15) is 32.0 Å². The van der Waals surface area contributed by atoms with E-state index in [1.165, 1.54) is 0 Å². The summed E-state index contributed by atoms with van der Waals surface area (Å²) in [5, 5.41) is 13.0. The molecule has 0 radical (unpaired) electrons. The van der Waals surface area contributed by atoms with Crippen molar-refractivity contribution in [2.45, 2.75) is 26.3 Å². The first-order chi connectivity index (χ1) is 7.56. The van der Waals surface area contributed by atoms with E-state index in [-0.39, 0.29) is 12.6 Å². The fourth-order valence-electron chi connectivity index (χ4n) is 1.85. The van der Waals surface area contributed by atoms with E-state index < -0.39 is 5.97 Å². The summed E-state index contributed by atoms with van der Waals surface area (Å²) in [6.07, 6.45) is 2.67. The molecule has 1 atom stereocenters. The topological polar surface area (TPSA) is 58.4 Å². The van der Waals surface area contributed by atoms with Crippen LogP contribution in [0.4, 0.5) is 0 Å². The molecule has 0 aliphatic rings. The summed E-state index contributed by atoms with van der Waals surface area (Å²) >= 11 is 0. The van der Waals surface area contributed by atoms with E-state index >= 15 is 0 Å². The molecular formula is C11H19N3O2. The van der Waals surface area contributed by atoms with Gasteiger partial charge in [-0.2, -0.15) is 5.10 Å². The van der Waals surface area contributed by atoms with Gasteiger partial charge in [0.25, 0.3) is 0 Å². The second kappa shape index (κ2) is 5.65. The first kappa shape index (κ1) is 12.7. The van der Waals surface area contributed by atoms with Crippen molar-refractivity contribution < 1.29 is 9.90 Å². The molecule has 1 unspecified atom stereocenters. The van der Waals surface area contributed by atoms with E-state index in [1.54, 1.807) is 10.9 Å². The van der Waals surface area contributed by atoms with E-state index in [1.807, 2.05) is 31.9 Å². The number of aliphatic carboxylic acids is 1. The van der Waals surface area contributed by atoms with Crippen LogP contribution in [-0.2, 0) is 11.8 Å². The monoisotopic (exact) mass is 225 g/mol. The smallest absolute Gasteiger partial charge is 0.317 e. The number of hydrogen-bond acceptors (Lipinski definition) is 3. The van der Waals surface area contributed by atoms with Crippen LogP contribution in [-0.4, -0.2) is 38.8 Å². The molecule has 0 aliphatic heterocycles. The summed E-state index contributed by atoms with van der Waals surface area (Å²) in [6.45, 7) is 4.90. The Labute approximate surface area is 95.7 Å². The lowest BCUT2D eigenvalue weighted by Gasteiger charge is -2.27. The Bertz CT molecular complexity index is 349. The van der Waals surface area contributed by atoms with Gasteiger partial charge in [0.05, 0.1) is 12.2 Å². The van der Waals surface area contributed by atoms with Crippen LogP contribution in [0.15, 0.2) is 12.3 Å². The van der Waals surface area contributed by atoms with Gasteiger partial charge in [0.2, 0.25) is 0 Å². The number of hydrogen-bond donors (Lipinski definition) is 1. The van der Waals surface area contributed by atoms with Crippen LogP contribution in [0.25, 0.3) is 0 Å². The maximum Gasteiger partial charge on any atom is 0.317 e. The number of aryl methyl sites for hydroxylation is 1. The summed E-state index contributed by atoms with van der Waals surface area (Å²) < 4.78 is 1.79. The zero-order chi connectivity index (χ0) is 12.1. The predicted octanol–water partition coefficient (Wildman–Crippen LogP) is 1.28. The highest BCUT2D eigenvalue weighted by atomic mass is 16.4. The Hall–Kier alpha value is -1.36. The molecule has 5 heteroatoms. The van der Waals surface area contributed by atoms with E-state index in [4.69, 9.17) is 5.11 Å². The predicted molar refractivity (Wildman–Crippen MR) is 61.1 cm³/mol. The summed E-state index contributed by atoms with van der Waals surface area (Å²) in [4.78, 5) is 12.7. The van der Waals surface area contributed by atoms with Gasteiger partial charge in [-0.3, -0.25) is 14.4 Å². The Morgan fingerprint density at radius 2 is 2.38 bits per heavy atom. The summed E-state index contributed by atoms with van der Waals surface area (Å²) in [5.41, 5.74) is 1.04. The third-order valence-corrected chi connectivity index (χ3v) is 2.68. The van der Waals surface area contributed by atoms with Gasteiger partial charge in [-0.25, -0.2) is 0 Å². The van der Waals surface area contributed by atoms with Crippen LogP contribution in [0.5, 0.6) is 0 Å². The van der Waals surface area contributed by atoms with Gasteiger partial charge in [0.1, 0.15) is 0 Å². The van der Waals surface area contributed by atoms with Crippen LogP contribution in [0, 0.1) is 0 Å². The fraction of sp³-hybridized carbons (Fsp3) is 0.636. The van der Waals surface area contributed by atoms with Crippen molar-refractivity contribution in [3.63, 3.8) is 0 Å². The summed E-state index contributed by atoms with van der Waals surface area (Å²) in [5.74, 6) is -0.789. The second-order valence-corrected chi connectivity index (χ2v) is 3.92. The molecule has 0 fully saturated rings. The van der Waals surface area contributed by atoms with E-state index in [0.29, 0.717) is 0 Å². The number of carbonyl (C=O) groups is 1. The second-order valence-electron chi connectivity index (χ2n) is 3.92. The lowest BCUT2D eigenvalue weighted by Crippen LogP contribution is -2.33. The Morgan fingerprint density at radius 1 is 1.69 bits per heavy atom. The van der Waals surface area contributed by atoms with Crippen molar-refractivity contribution in [2.24, 2.45) is 7.05 Å². The Morgan fingerprint density at radius 3 is 2.81 bits per heavy atom. The lowest BCUT2D eigenvalue weighted by atomic mass is 10.2. The molecule has 1 rings (SSSR count).